The highest BCUT2D eigenvalue weighted by Gasteiger charge is 2.25. The maximum absolute atomic E-state index is 12.9. The number of ether oxygens (including phenoxy) is 2. The van der Waals surface area contributed by atoms with Crippen molar-refractivity contribution in [2.24, 2.45) is 0 Å². The molecule has 1 heterocycles. The number of methoxy groups -OCH3 is 1. The van der Waals surface area contributed by atoms with Crippen LogP contribution in [0.5, 0.6) is 11.5 Å². The van der Waals surface area contributed by atoms with Crippen LogP contribution in [-0.2, 0) is 0 Å². The topological polar surface area (TPSA) is 68.0 Å². The van der Waals surface area contributed by atoms with E-state index in [0.717, 1.165) is 25.4 Å². The molecule has 1 aliphatic rings. The molecule has 0 saturated carbocycles. The van der Waals surface area contributed by atoms with Crippen LogP contribution in [0.4, 0.5) is 5.69 Å². The Kier molecular flexibility index (Phi) is 6.42. The predicted octanol–water partition coefficient (Wildman–Crippen LogP) is 2.77. The number of benzene rings is 2. The first-order valence-electron chi connectivity index (χ1n) is 8.91. The van der Waals surface area contributed by atoms with Crippen molar-refractivity contribution in [2.75, 3.05) is 52.2 Å². The van der Waals surface area contributed by atoms with Crippen LogP contribution in [0.25, 0.3) is 0 Å². The Hall–Kier alpha value is -2.44. The molecule has 1 amide bonds. The van der Waals surface area contributed by atoms with Crippen LogP contribution in [0.1, 0.15) is 10.4 Å². The summed E-state index contributed by atoms with van der Waals surface area (Å²) in [7, 11) is 1.52. The van der Waals surface area contributed by atoms with Gasteiger partial charge in [0, 0.05) is 38.8 Å². The molecule has 0 aliphatic carbocycles. The number of nitrogen functional groups attached to an aromatic ring is 1. The van der Waals surface area contributed by atoms with Gasteiger partial charge in [-0.15, -0.1) is 0 Å². The van der Waals surface area contributed by atoms with Crippen LogP contribution in [0.15, 0.2) is 42.5 Å². The van der Waals surface area contributed by atoms with Crippen LogP contribution >= 0.6 is 11.6 Å². The zero-order valence-corrected chi connectivity index (χ0v) is 16.1. The van der Waals surface area contributed by atoms with Gasteiger partial charge in [0.15, 0.2) is 0 Å². The number of hydrogen-bond donors (Lipinski definition) is 1. The second-order valence-corrected chi connectivity index (χ2v) is 6.78. The summed E-state index contributed by atoms with van der Waals surface area (Å²) < 4.78 is 11.0. The monoisotopic (exact) mass is 389 g/mol. The lowest BCUT2D eigenvalue weighted by Gasteiger charge is -2.34. The Balaban J connectivity index is 1.51. The number of nitrogens with zero attached hydrogens (tertiary/aromatic N) is 2. The van der Waals surface area contributed by atoms with Crippen LogP contribution in [0.3, 0.4) is 0 Å². The molecule has 1 aliphatic heterocycles. The molecule has 27 heavy (non-hydrogen) atoms. The number of anilines is 1. The summed E-state index contributed by atoms with van der Waals surface area (Å²) in [6.45, 7) is 4.35. The number of carbonyl (C=O) groups is 1. The predicted molar refractivity (Wildman–Crippen MR) is 107 cm³/mol. The molecule has 0 spiro atoms. The Morgan fingerprint density at radius 1 is 1.15 bits per heavy atom. The van der Waals surface area contributed by atoms with E-state index < -0.39 is 0 Å². The fourth-order valence-corrected chi connectivity index (χ4v) is 3.22. The summed E-state index contributed by atoms with van der Waals surface area (Å²) in [5.74, 6) is 1.23. The normalized spacial score (nSPS) is 14.8. The van der Waals surface area contributed by atoms with E-state index in [1.807, 2.05) is 35.2 Å². The van der Waals surface area contributed by atoms with Crippen molar-refractivity contribution in [2.45, 2.75) is 0 Å². The molecule has 144 valence electrons. The van der Waals surface area contributed by atoms with Crippen molar-refractivity contribution in [1.82, 2.24) is 9.80 Å². The molecule has 2 aromatic carbocycles. The van der Waals surface area contributed by atoms with Crippen LogP contribution < -0.4 is 15.2 Å². The maximum atomic E-state index is 12.9. The van der Waals surface area contributed by atoms with Gasteiger partial charge in [-0.1, -0.05) is 29.8 Å². The molecule has 0 radical (unpaired) electrons. The molecule has 1 saturated heterocycles. The quantitative estimate of drug-likeness (QED) is 0.769. The summed E-state index contributed by atoms with van der Waals surface area (Å²) in [6, 6.07) is 12.9. The number of para-hydroxylation sites is 1. The Labute approximate surface area is 164 Å². The lowest BCUT2D eigenvalue weighted by atomic mass is 10.1. The van der Waals surface area contributed by atoms with Gasteiger partial charge in [-0.3, -0.25) is 9.69 Å². The lowest BCUT2D eigenvalue weighted by Crippen LogP contribution is -2.49. The third kappa shape index (κ3) is 4.84. The van der Waals surface area contributed by atoms with E-state index in [-0.39, 0.29) is 5.91 Å². The molecular weight excluding hydrogens is 366 g/mol. The third-order valence-corrected chi connectivity index (χ3v) is 4.96. The van der Waals surface area contributed by atoms with E-state index in [0.29, 0.717) is 41.7 Å². The number of piperazine rings is 1. The van der Waals surface area contributed by atoms with Crippen molar-refractivity contribution in [3.05, 3.63) is 53.1 Å². The molecule has 0 bridgehead atoms. The highest BCUT2D eigenvalue weighted by molar-refractivity contribution is 6.33. The number of carbonyl (C=O) groups excluding carboxylic acids is 1. The number of rotatable bonds is 6. The molecular formula is C20H24ClN3O3. The Bertz CT molecular complexity index is 778. The molecule has 2 N–H and O–H groups in total. The minimum atomic E-state index is -0.0889. The largest absolute Gasteiger partial charge is 0.496 e. The highest BCUT2D eigenvalue weighted by atomic mass is 35.5. The van der Waals surface area contributed by atoms with E-state index in [2.05, 4.69) is 4.90 Å². The second-order valence-electron chi connectivity index (χ2n) is 6.37. The van der Waals surface area contributed by atoms with Crippen molar-refractivity contribution < 1.29 is 14.3 Å². The second kappa shape index (κ2) is 8.97. The lowest BCUT2D eigenvalue weighted by molar-refractivity contribution is 0.0617. The summed E-state index contributed by atoms with van der Waals surface area (Å²) in [5, 5.41) is 0.357. The zero-order chi connectivity index (χ0) is 19.2. The van der Waals surface area contributed by atoms with E-state index in [4.69, 9.17) is 26.8 Å². The van der Waals surface area contributed by atoms with Gasteiger partial charge in [0.1, 0.15) is 18.1 Å². The average Bonchev–Trinajstić information content (AvgIpc) is 2.70. The molecule has 7 heteroatoms. The van der Waals surface area contributed by atoms with E-state index in [1.165, 1.54) is 7.11 Å². The van der Waals surface area contributed by atoms with Crippen LogP contribution in [-0.4, -0.2) is 62.1 Å². The highest BCUT2D eigenvalue weighted by Crippen LogP contribution is 2.30. The van der Waals surface area contributed by atoms with Gasteiger partial charge in [-0.25, -0.2) is 0 Å². The third-order valence-electron chi connectivity index (χ3n) is 4.63. The van der Waals surface area contributed by atoms with Gasteiger partial charge in [-0.2, -0.15) is 0 Å². The SMILES string of the molecule is COc1cc(N)c(Cl)cc1C(=O)N1CCN(CCOc2ccccc2)CC1. The van der Waals surface area contributed by atoms with E-state index >= 15 is 0 Å². The minimum absolute atomic E-state index is 0.0889. The first-order chi connectivity index (χ1) is 13.1. The minimum Gasteiger partial charge on any atom is -0.496 e. The molecule has 0 atom stereocenters. The van der Waals surface area contributed by atoms with Crippen molar-refractivity contribution in [3.63, 3.8) is 0 Å². The number of amides is 1. The Morgan fingerprint density at radius 2 is 1.85 bits per heavy atom. The molecule has 6 nitrogen and oxygen atoms in total. The summed E-state index contributed by atoms with van der Waals surface area (Å²) >= 11 is 6.08. The average molecular weight is 390 g/mol. The van der Waals surface area contributed by atoms with Crippen LogP contribution in [0.2, 0.25) is 5.02 Å². The first kappa shape index (κ1) is 19.3. The van der Waals surface area contributed by atoms with Crippen LogP contribution in [0, 0.1) is 0 Å². The standard InChI is InChI=1S/C20H24ClN3O3/c1-26-19-14-18(22)17(21)13-16(19)20(25)24-9-7-23(8-10-24)11-12-27-15-5-3-2-4-6-15/h2-6,13-14H,7-12,22H2,1H3. The smallest absolute Gasteiger partial charge is 0.257 e. The van der Waals surface area contributed by atoms with Crippen molar-refractivity contribution in [1.29, 1.82) is 0 Å². The number of hydrogen-bond acceptors (Lipinski definition) is 5. The Morgan fingerprint density at radius 3 is 2.52 bits per heavy atom. The van der Waals surface area contributed by atoms with E-state index in [1.54, 1.807) is 12.1 Å². The van der Waals surface area contributed by atoms with Gasteiger partial charge in [0.05, 0.1) is 23.4 Å². The molecule has 3 rings (SSSR count). The van der Waals surface area contributed by atoms with Gasteiger partial charge in [0.2, 0.25) is 0 Å². The van der Waals surface area contributed by atoms with E-state index in [9.17, 15) is 4.79 Å². The van der Waals surface area contributed by atoms with Gasteiger partial charge < -0.3 is 20.1 Å². The van der Waals surface area contributed by atoms with Gasteiger partial charge in [-0.05, 0) is 18.2 Å². The van der Waals surface area contributed by atoms with Gasteiger partial charge in [0.25, 0.3) is 5.91 Å². The molecule has 0 aromatic heterocycles. The van der Waals surface area contributed by atoms with Crippen molar-refractivity contribution >= 4 is 23.2 Å². The molecule has 2 aromatic rings. The molecule has 0 unspecified atom stereocenters. The summed E-state index contributed by atoms with van der Waals surface area (Å²) in [5.41, 5.74) is 6.63. The summed E-state index contributed by atoms with van der Waals surface area (Å²) in [4.78, 5) is 17.0. The fraction of sp³-hybridized carbons (Fsp3) is 0.350. The number of nitrogens with two attached hydrogens (primary N) is 1. The maximum Gasteiger partial charge on any atom is 0.257 e. The van der Waals surface area contributed by atoms with Gasteiger partial charge >= 0.3 is 0 Å². The number of halogens is 1. The fourth-order valence-electron chi connectivity index (χ4n) is 3.06. The molecule has 1 fully saturated rings. The zero-order valence-electron chi connectivity index (χ0n) is 15.4. The van der Waals surface area contributed by atoms with Crippen molar-refractivity contribution in [3.8, 4) is 11.5 Å². The summed E-state index contributed by atoms with van der Waals surface area (Å²) in [6.07, 6.45) is 0. The first-order valence-corrected chi connectivity index (χ1v) is 9.29.